The fraction of sp³-hybridized carbons (Fsp3) is 0.409. The van der Waals surface area contributed by atoms with Crippen LogP contribution in [0.1, 0.15) is 25.0 Å². The zero-order valence-electron chi connectivity index (χ0n) is 17.9. The summed E-state index contributed by atoms with van der Waals surface area (Å²) in [6.07, 6.45) is -0.103. The van der Waals surface area contributed by atoms with Gasteiger partial charge < -0.3 is 24.8 Å². The maximum absolute atomic E-state index is 13.8. The van der Waals surface area contributed by atoms with E-state index in [0.717, 1.165) is 12.1 Å². The average Bonchev–Trinajstić information content (AvgIpc) is 2.72. The van der Waals surface area contributed by atoms with Gasteiger partial charge in [0, 0.05) is 19.2 Å². The molecule has 0 saturated heterocycles. The molecule has 0 aliphatic heterocycles. The molecule has 2 aromatic rings. The maximum atomic E-state index is 13.8. The molecule has 0 aromatic heterocycles. The molecule has 0 amide bonds. The van der Waals surface area contributed by atoms with Crippen LogP contribution in [0.5, 0.6) is 11.5 Å². The van der Waals surface area contributed by atoms with Gasteiger partial charge in [0.1, 0.15) is 11.9 Å². The van der Waals surface area contributed by atoms with Crippen molar-refractivity contribution in [2.24, 2.45) is 4.99 Å². The summed E-state index contributed by atoms with van der Waals surface area (Å²) >= 11 is 0. The van der Waals surface area contributed by atoms with Gasteiger partial charge in [-0.25, -0.2) is 9.38 Å². The van der Waals surface area contributed by atoms with Crippen LogP contribution in [0.2, 0.25) is 0 Å². The summed E-state index contributed by atoms with van der Waals surface area (Å²) in [5, 5.41) is 6.48. The lowest BCUT2D eigenvalue weighted by atomic mass is 10.1. The van der Waals surface area contributed by atoms with Crippen molar-refractivity contribution in [2.45, 2.75) is 33.1 Å². The number of halogens is 2. The third-order valence-corrected chi connectivity index (χ3v) is 4.13. The van der Waals surface area contributed by atoms with Crippen LogP contribution in [-0.2, 0) is 17.9 Å². The quantitative estimate of drug-likeness (QED) is 0.275. The molecule has 166 valence electrons. The Labute approximate surface area is 195 Å². The lowest BCUT2D eigenvalue weighted by Crippen LogP contribution is -2.41. The Balaban J connectivity index is 0.00000450. The first kappa shape index (κ1) is 26.0. The van der Waals surface area contributed by atoms with Gasteiger partial charge in [0.15, 0.2) is 17.5 Å². The fourth-order valence-corrected chi connectivity index (χ4v) is 2.72. The lowest BCUT2D eigenvalue weighted by Gasteiger charge is -2.19. The molecular weight excluding hydrogens is 500 g/mol. The number of hydrogen-bond acceptors (Lipinski definition) is 4. The van der Waals surface area contributed by atoms with E-state index in [1.165, 1.54) is 6.07 Å². The molecule has 0 spiro atoms. The van der Waals surface area contributed by atoms with Gasteiger partial charge in [0.2, 0.25) is 0 Å². The monoisotopic (exact) mass is 531 g/mol. The van der Waals surface area contributed by atoms with Crippen molar-refractivity contribution in [3.05, 3.63) is 59.4 Å². The van der Waals surface area contributed by atoms with Crippen molar-refractivity contribution in [2.75, 3.05) is 27.3 Å². The first-order valence-corrected chi connectivity index (χ1v) is 9.65. The maximum Gasteiger partial charge on any atom is 0.191 e. The van der Waals surface area contributed by atoms with E-state index in [2.05, 4.69) is 15.6 Å². The van der Waals surface area contributed by atoms with Gasteiger partial charge in [-0.15, -0.1) is 24.0 Å². The Morgan fingerprint density at radius 2 is 1.83 bits per heavy atom. The number of rotatable bonds is 10. The summed E-state index contributed by atoms with van der Waals surface area (Å²) in [5.74, 6) is 1.79. The Hall–Kier alpha value is -2.07. The standard InChI is InChI=1S/C22H30FN3O3.HI/c1-5-24-22(26-14-17-10-11-19(23)18(12-17)15-27-3)25-13-16(2)29-21-9-7-6-8-20(21)28-4;/h6-12,16H,5,13-15H2,1-4H3,(H2,24,25,26);1H. The molecule has 0 saturated carbocycles. The highest BCUT2D eigenvalue weighted by Crippen LogP contribution is 2.26. The van der Waals surface area contributed by atoms with Gasteiger partial charge >= 0.3 is 0 Å². The summed E-state index contributed by atoms with van der Waals surface area (Å²) in [6, 6.07) is 12.5. The first-order chi connectivity index (χ1) is 14.1. The van der Waals surface area contributed by atoms with Crippen LogP contribution in [-0.4, -0.2) is 39.4 Å². The second kappa shape index (κ2) is 14.0. The van der Waals surface area contributed by atoms with Crippen molar-refractivity contribution >= 4 is 29.9 Å². The van der Waals surface area contributed by atoms with E-state index in [1.54, 1.807) is 26.4 Å². The van der Waals surface area contributed by atoms with Crippen LogP contribution < -0.4 is 20.1 Å². The van der Waals surface area contributed by atoms with Crippen molar-refractivity contribution in [3.8, 4) is 11.5 Å². The Bertz CT molecular complexity index is 805. The minimum absolute atomic E-state index is 0. The molecule has 2 rings (SSSR count). The summed E-state index contributed by atoms with van der Waals surface area (Å²) in [4.78, 5) is 4.58. The zero-order valence-corrected chi connectivity index (χ0v) is 20.2. The fourth-order valence-electron chi connectivity index (χ4n) is 2.72. The second-order valence-electron chi connectivity index (χ2n) is 6.51. The molecule has 30 heavy (non-hydrogen) atoms. The highest BCUT2D eigenvalue weighted by atomic mass is 127. The van der Waals surface area contributed by atoms with Crippen molar-refractivity contribution < 1.29 is 18.6 Å². The molecule has 0 aliphatic rings. The van der Waals surface area contributed by atoms with Gasteiger partial charge in [-0.3, -0.25) is 0 Å². The topological polar surface area (TPSA) is 64.1 Å². The number of guanidine groups is 1. The van der Waals surface area contributed by atoms with E-state index in [4.69, 9.17) is 14.2 Å². The second-order valence-corrected chi connectivity index (χ2v) is 6.51. The number of methoxy groups -OCH3 is 2. The summed E-state index contributed by atoms with van der Waals surface area (Å²) in [5.41, 5.74) is 1.44. The smallest absolute Gasteiger partial charge is 0.191 e. The molecule has 8 heteroatoms. The molecule has 0 bridgehead atoms. The van der Waals surface area contributed by atoms with Gasteiger partial charge in [-0.1, -0.05) is 18.2 Å². The van der Waals surface area contributed by atoms with Gasteiger partial charge in [-0.2, -0.15) is 0 Å². The van der Waals surface area contributed by atoms with Crippen LogP contribution in [0.3, 0.4) is 0 Å². The third kappa shape index (κ3) is 8.35. The number of para-hydroxylation sites is 2. The molecular formula is C22H31FIN3O3. The largest absolute Gasteiger partial charge is 0.493 e. The summed E-state index contributed by atoms with van der Waals surface area (Å²) in [7, 11) is 3.17. The molecule has 1 unspecified atom stereocenters. The van der Waals surface area contributed by atoms with Gasteiger partial charge in [0.25, 0.3) is 0 Å². The minimum atomic E-state index is -0.271. The van der Waals surface area contributed by atoms with E-state index in [-0.39, 0.29) is 42.5 Å². The van der Waals surface area contributed by atoms with Crippen molar-refractivity contribution in [1.29, 1.82) is 0 Å². The van der Waals surface area contributed by atoms with E-state index in [1.807, 2.05) is 38.1 Å². The summed E-state index contributed by atoms with van der Waals surface area (Å²) < 4.78 is 30.1. The molecule has 0 radical (unpaired) electrons. The molecule has 0 aliphatic carbocycles. The lowest BCUT2D eigenvalue weighted by molar-refractivity contribution is 0.181. The van der Waals surface area contributed by atoms with E-state index < -0.39 is 0 Å². The summed E-state index contributed by atoms with van der Waals surface area (Å²) in [6.45, 7) is 5.92. The normalized spacial score (nSPS) is 12.0. The molecule has 1 atom stereocenters. The van der Waals surface area contributed by atoms with Crippen LogP contribution in [0.4, 0.5) is 4.39 Å². The molecule has 2 N–H and O–H groups in total. The third-order valence-electron chi connectivity index (χ3n) is 4.13. The number of hydrogen-bond donors (Lipinski definition) is 2. The van der Waals surface area contributed by atoms with Crippen LogP contribution >= 0.6 is 24.0 Å². The van der Waals surface area contributed by atoms with E-state index in [0.29, 0.717) is 36.1 Å². The Morgan fingerprint density at radius 3 is 2.50 bits per heavy atom. The van der Waals surface area contributed by atoms with Gasteiger partial charge in [-0.05, 0) is 43.7 Å². The number of benzene rings is 2. The van der Waals surface area contributed by atoms with E-state index in [9.17, 15) is 4.39 Å². The Kier molecular flexibility index (Phi) is 12.1. The van der Waals surface area contributed by atoms with Crippen LogP contribution in [0.15, 0.2) is 47.5 Å². The number of aliphatic imine (C=N–C) groups is 1. The predicted octanol–water partition coefficient (Wildman–Crippen LogP) is 4.12. The molecule has 0 fully saturated rings. The van der Waals surface area contributed by atoms with E-state index >= 15 is 0 Å². The molecule has 0 heterocycles. The molecule has 2 aromatic carbocycles. The van der Waals surface area contributed by atoms with Crippen molar-refractivity contribution in [3.63, 3.8) is 0 Å². The number of nitrogens with one attached hydrogen (secondary N) is 2. The first-order valence-electron chi connectivity index (χ1n) is 9.65. The van der Waals surface area contributed by atoms with Gasteiger partial charge in [0.05, 0.1) is 26.8 Å². The van der Waals surface area contributed by atoms with Crippen molar-refractivity contribution in [1.82, 2.24) is 10.6 Å². The zero-order chi connectivity index (χ0) is 21.1. The average molecular weight is 531 g/mol. The minimum Gasteiger partial charge on any atom is -0.493 e. The number of nitrogens with zero attached hydrogens (tertiary/aromatic N) is 1. The predicted molar refractivity (Wildman–Crippen MR) is 128 cm³/mol. The highest BCUT2D eigenvalue weighted by molar-refractivity contribution is 14.0. The molecule has 6 nitrogen and oxygen atoms in total. The highest BCUT2D eigenvalue weighted by Gasteiger charge is 2.10. The SMILES string of the molecule is CCNC(=NCc1ccc(F)c(COC)c1)NCC(C)Oc1ccccc1OC.I. The Morgan fingerprint density at radius 1 is 1.10 bits per heavy atom. The number of ether oxygens (including phenoxy) is 3. The van der Waals surface area contributed by atoms with Crippen LogP contribution in [0.25, 0.3) is 0 Å². The van der Waals surface area contributed by atoms with Crippen LogP contribution in [0, 0.1) is 5.82 Å².